The van der Waals surface area contributed by atoms with Crippen molar-refractivity contribution in [2.45, 2.75) is 25.5 Å². The molecule has 6 nitrogen and oxygen atoms in total. The predicted molar refractivity (Wildman–Crippen MR) is 107 cm³/mol. The number of piperazine rings is 1. The van der Waals surface area contributed by atoms with Crippen molar-refractivity contribution in [3.05, 3.63) is 40.7 Å². The van der Waals surface area contributed by atoms with Crippen molar-refractivity contribution in [2.24, 2.45) is 0 Å². The molecule has 144 valence electrons. The molecule has 1 aromatic carbocycles. The second-order valence-electron chi connectivity index (χ2n) is 7.07. The Morgan fingerprint density at radius 1 is 1.22 bits per heavy atom. The van der Waals surface area contributed by atoms with Crippen LogP contribution in [0, 0.1) is 0 Å². The maximum absolute atomic E-state index is 12.4. The summed E-state index contributed by atoms with van der Waals surface area (Å²) in [5, 5.41) is 5.99. The van der Waals surface area contributed by atoms with Crippen LogP contribution in [0.3, 0.4) is 0 Å². The Morgan fingerprint density at radius 3 is 2.78 bits per heavy atom. The summed E-state index contributed by atoms with van der Waals surface area (Å²) in [7, 11) is 0. The molecule has 0 saturated carbocycles. The van der Waals surface area contributed by atoms with Crippen LogP contribution in [-0.4, -0.2) is 66.2 Å². The van der Waals surface area contributed by atoms with Crippen molar-refractivity contribution in [3.8, 4) is 11.3 Å². The molecule has 2 amide bonds. The van der Waals surface area contributed by atoms with Gasteiger partial charge >= 0.3 is 6.03 Å². The Balaban J connectivity index is 1.21. The van der Waals surface area contributed by atoms with Gasteiger partial charge in [0.15, 0.2) is 0 Å². The number of benzene rings is 1. The van der Waals surface area contributed by atoms with Crippen molar-refractivity contribution in [3.63, 3.8) is 0 Å². The second kappa shape index (κ2) is 8.82. The number of carbonyl (C=O) groups excluding carboxylic acids is 1. The third-order valence-corrected chi connectivity index (χ3v) is 6.01. The van der Waals surface area contributed by atoms with Crippen molar-refractivity contribution >= 4 is 17.4 Å². The van der Waals surface area contributed by atoms with E-state index >= 15 is 0 Å². The summed E-state index contributed by atoms with van der Waals surface area (Å²) >= 11 is 1.58. The fourth-order valence-corrected chi connectivity index (χ4v) is 4.35. The molecule has 2 saturated heterocycles. The topological polar surface area (TPSA) is 57.7 Å². The van der Waals surface area contributed by atoms with Crippen LogP contribution in [0.4, 0.5) is 4.79 Å². The van der Waals surface area contributed by atoms with Gasteiger partial charge in [-0.3, -0.25) is 4.90 Å². The number of urea groups is 1. The van der Waals surface area contributed by atoms with Crippen LogP contribution >= 0.6 is 11.3 Å². The molecule has 0 radical (unpaired) electrons. The maximum atomic E-state index is 12.4. The number of aromatic nitrogens is 1. The highest BCUT2D eigenvalue weighted by molar-refractivity contribution is 7.09. The van der Waals surface area contributed by atoms with Gasteiger partial charge in [-0.1, -0.05) is 30.3 Å². The van der Waals surface area contributed by atoms with E-state index in [1.54, 1.807) is 11.3 Å². The summed E-state index contributed by atoms with van der Waals surface area (Å²) in [6, 6.07) is 10.1. The summed E-state index contributed by atoms with van der Waals surface area (Å²) < 4.78 is 5.71. The summed E-state index contributed by atoms with van der Waals surface area (Å²) in [6.45, 7) is 5.75. The molecule has 0 aliphatic carbocycles. The molecule has 2 fully saturated rings. The van der Waals surface area contributed by atoms with Gasteiger partial charge in [-0.2, -0.15) is 0 Å². The molecular weight excluding hydrogens is 360 g/mol. The number of rotatable bonds is 5. The molecule has 0 spiro atoms. The molecule has 1 unspecified atom stereocenters. The standard InChI is InChI=1S/C20H26N4O2S/c25-20(24-10-8-23(9-11-24)14-17-7-4-12-26-17)21-13-19-22-18(15-27-19)16-5-2-1-3-6-16/h1-3,5-6,15,17H,4,7-14H2,(H,21,25). The smallest absolute Gasteiger partial charge is 0.317 e. The van der Waals surface area contributed by atoms with Crippen molar-refractivity contribution in [1.29, 1.82) is 0 Å². The van der Waals surface area contributed by atoms with Gasteiger partial charge < -0.3 is 15.0 Å². The molecule has 1 aromatic heterocycles. The molecule has 3 heterocycles. The van der Waals surface area contributed by atoms with E-state index in [2.05, 4.69) is 15.2 Å². The molecule has 1 N–H and O–H groups in total. The third-order valence-electron chi connectivity index (χ3n) is 5.16. The summed E-state index contributed by atoms with van der Waals surface area (Å²) in [6.07, 6.45) is 2.73. The Labute approximate surface area is 164 Å². The summed E-state index contributed by atoms with van der Waals surface area (Å²) in [5.74, 6) is 0. The lowest BCUT2D eigenvalue weighted by atomic mass is 10.2. The molecule has 27 heavy (non-hydrogen) atoms. The first kappa shape index (κ1) is 18.4. The van der Waals surface area contributed by atoms with Gasteiger partial charge in [0.1, 0.15) is 5.01 Å². The highest BCUT2D eigenvalue weighted by Gasteiger charge is 2.24. The zero-order valence-corrected chi connectivity index (χ0v) is 16.3. The van der Waals surface area contributed by atoms with Gasteiger partial charge in [-0.15, -0.1) is 11.3 Å². The molecule has 4 rings (SSSR count). The minimum absolute atomic E-state index is 0.00299. The average Bonchev–Trinajstić information content (AvgIpc) is 3.39. The number of hydrogen-bond acceptors (Lipinski definition) is 5. The van der Waals surface area contributed by atoms with Gasteiger partial charge in [0, 0.05) is 50.3 Å². The fourth-order valence-electron chi connectivity index (χ4n) is 3.61. The minimum Gasteiger partial charge on any atom is -0.377 e. The molecule has 1 atom stereocenters. The first-order chi connectivity index (χ1) is 13.3. The average molecular weight is 387 g/mol. The highest BCUT2D eigenvalue weighted by atomic mass is 32.1. The van der Waals surface area contributed by atoms with E-state index in [-0.39, 0.29) is 6.03 Å². The first-order valence-corrected chi connectivity index (χ1v) is 10.5. The lowest BCUT2D eigenvalue weighted by Gasteiger charge is -2.35. The van der Waals surface area contributed by atoms with E-state index in [4.69, 9.17) is 4.74 Å². The number of ether oxygens (including phenoxy) is 1. The van der Waals surface area contributed by atoms with Crippen LogP contribution in [-0.2, 0) is 11.3 Å². The normalized spacial score (nSPS) is 20.7. The van der Waals surface area contributed by atoms with Gasteiger partial charge in [-0.25, -0.2) is 9.78 Å². The SMILES string of the molecule is O=C(NCc1nc(-c2ccccc2)cs1)N1CCN(CC2CCCO2)CC1. The van der Waals surface area contributed by atoms with E-state index in [9.17, 15) is 4.79 Å². The highest BCUT2D eigenvalue weighted by Crippen LogP contribution is 2.21. The Bertz CT molecular complexity index is 737. The molecule has 2 aromatic rings. The first-order valence-electron chi connectivity index (χ1n) is 9.64. The van der Waals surface area contributed by atoms with E-state index in [0.717, 1.165) is 55.6 Å². The maximum Gasteiger partial charge on any atom is 0.317 e. The fraction of sp³-hybridized carbons (Fsp3) is 0.500. The monoisotopic (exact) mass is 386 g/mol. The van der Waals surface area contributed by atoms with Crippen LogP contribution < -0.4 is 5.32 Å². The van der Waals surface area contributed by atoms with Crippen LogP contribution in [0.5, 0.6) is 0 Å². The number of hydrogen-bond donors (Lipinski definition) is 1. The Kier molecular flexibility index (Phi) is 6.01. The van der Waals surface area contributed by atoms with Crippen molar-refractivity contribution in [2.75, 3.05) is 39.3 Å². The van der Waals surface area contributed by atoms with E-state index in [1.165, 1.54) is 12.8 Å². The lowest BCUT2D eigenvalue weighted by molar-refractivity contribution is 0.0561. The zero-order chi connectivity index (χ0) is 18.5. The van der Waals surface area contributed by atoms with Crippen molar-refractivity contribution < 1.29 is 9.53 Å². The van der Waals surface area contributed by atoms with E-state index < -0.39 is 0 Å². The van der Waals surface area contributed by atoms with E-state index in [1.807, 2.05) is 40.6 Å². The predicted octanol–water partition coefficient (Wildman–Crippen LogP) is 2.82. The van der Waals surface area contributed by atoms with Crippen LogP contribution in [0.2, 0.25) is 0 Å². The number of nitrogens with one attached hydrogen (secondary N) is 1. The van der Waals surface area contributed by atoms with Crippen LogP contribution in [0.25, 0.3) is 11.3 Å². The number of nitrogens with zero attached hydrogens (tertiary/aromatic N) is 3. The number of thiazole rings is 1. The lowest BCUT2D eigenvalue weighted by Crippen LogP contribution is -2.52. The molecule has 2 aliphatic heterocycles. The van der Waals surface area contributed by atoms with Gasteiger partial charge in [-0.05, 0) is 12.8 Å². The van der Waals surface area contributed by atoms with E-state index in [0.29, 0.717) is 12.6 Å². The number of amides is 2. The van der Waals surface area contributed by atoms with Crippen molar-refractivity contribution in [1.82, 2.24) is 20.1 Å². The second-order valence-corrected chi connectivity index (χ2v) is 8.02. The van der Waals surface area contributed by atoms with Crippen LogP contribution in [0.1, 0.15) is 17.8 Å². The molecule has 0 bridgehead atoms. The quantitative estimate of drug-likeness (QED) is 0.859. The Morgan fingerprint density at radius 2 is 2.04 bits per heavy atom. The molecular formula is C20H26N4O2S. The van der Waals surface area contributed by atoms with Gasteiger partial charge in [0.05, 0.1) is 18.3 Å². The zero-order valence-electron chi connectivity index (χ0n) is 15.5. The van der Waals surface area contributed by atoms with Gasteiger partial charge in [0.2, 0.25) is 0 Å². The van der Waals surface area contributed by atoms with Crippen LogP contribution in [0.15, 0.2) is 35.7 Å². The molecule has 2 aliphatic rings. The minimum atomic E-state index is 0.00299. The Hall–Kier alpha value is -1.96. The largest absolute Gasteiger partial charge is 0.377 e. The number of carbonyl (C=O) groups is 1. The summed E-state index contributed by atoms with van der Waals surface area (Å²) in [5.41, 5.74) is 2.07. The summed E-state index contributed by atoms with van der Waals surface area (Å²) in [4.78, 5) is 21.4. The van der Waals surface area contributed by atoms with Gasteiger partial charge in [0.25, 0.3) is 0 Å². The third kappa shape index (κ3) is 4.86. The molecule has 7 heteroatoms.